The number of aromatic hydroxyl groups is 2. The van der Waals surface area contributed by atoms with Crippen LogP contribution in [0.2, 0.25) is 0 Å². The van der Waals surface area contributed by atoms with E-state index in [1.54, 1.807) is 12.1 Å². The van der Waals surface area contributed by atoms with Gasteiger partial charge in [0.15, 0.2) is 28.5 Å². The first-order chi connectivity index (χ1) is 29.0. The number of nitrogens with two attached hydrogens (primary N) is 1. The molecule has 11 N–H and O–H groups in total. The van der Waals surface area contributed by atoms with Gasteiger partial charge >= 0.3 is 5.97 Å². The van der Waals surface area contributed by atoms with Crippen LogP contribution in [0.5, 0.6) is 11.5 Å². The molecule has 0 radical (unpaired) electrons. The first kappa shape index (κ1) is 42.4. The minimum atomic E-state index is -2.87. The predicted molar refractivity (Wildman–Crippen MR) is 214 cm³/mol. The Balaban J connectivity index is 1.17. The van der Waals surface area contributed by atoms with E-state index in [0.717, 1.165) is 0 Å². The fourth-order valence-electron chi connectivity index (χ4n) is 11.3. The Morgan fingerprint density at radius 1 is 0.645 bits per heavy atom. The molecule has 0 heterocycles. The number of primary amides is 1. The molecule has 0 aliphatic heterocycles. The quantitative estimate of drug-likeness (QED) is 0.171. The molecule has 1 amide bonds. The first-order valence-electron chi connectivity index (χ1n) is 19.9. The van der Waals surface area contributed by atoms with Crippen LogP contribution in [0.15, 0.2) is 58.1 Å². The number of carboxylic acids is 1. The molecule has 6 aliphatic rings. The van der Waals surface area contributed by atoms with Crippen molar-refractivity contribution >= 4 is 46.5 Å². The van der Waals surface area contributed by atoms with Gasteiger partial charge in [0.2, 0.25) is 11.6 Å². The highest BCUT2D eigenvalue weighted by molar-refractivity contribution is 6.25. The SMILES string of the molecule is CN(C)[C@@H]1C(=O)C(C(N)=O)=C(O)[C@@]2(O)C(=O)C3=C(O)c4c(O)ccc(CCc5ccc(O)c6c5C[C@H]5C[C@H]7[C@H](N(C)C)C(=O)C(C(=O)O)=C(O)[C@@]7(O)C(=O)C5=C6O)c4C[C@H]3C[C@@H]12. The number of benzene rings is 2. The zero-order chi connectivity index (χ0) is 45.4. The van der Waals surface area contributed by atoms with Crippen molar-refractivity contribution in [2.24, 2.45) is 29.4 Å². The number of ketones is 4. The van der Waals surface area contributed by atoms with Gasteiger partial charge in [-0.05, 0) is 113 Å². The molecular formula is C44H45N3O15. The molecule has 0 spiro atoms. The molecule has 2 fully saturated rings. The van der Waals surface area contributed by atoms with E-state index in [-0.39, 0.29) is 60.8 Å². The first-order valence-corrected chi connectivity index (χ1v) is 19.9. The second kappa shape index (κ2) is 14.1. The zero-order valence-corrected chi connectivity index (χ0v) is 34.0. The van der Waals surface area contributed by atoms with Crippen LogP contribution in [0, 0.1) is 23.7 Å². The summed E-state index contributed by atoms with van der Waals surface area (Å²) in [7, 11) is 5.94. The number of carbonyl (C=O) groups is 6. The maximum Gasteiger partial charge on any atom is 0.342 e. The Morgan fingerprint density at radius 3 is 1.37 bits per heavy atom. The number of Topliss-reactive ketones (excluding diaryl/α,β-unsaturated/α-hetero) is 4. The standard InChI is InChI=1S/C44H45N3O15/c1-46(2)31-21-13-17-11-19-15(7-9-23(48)27(19)33(50)25(17)37(54)43(21,61)39(56)29(35(31)52)41(45)58)5-6-16-8-10-24(49)28-20(16)12-18-14-22-32(47(3)4)36(53)30(42(59)60)40(57)44(22,62)38(55)26(18)34(28)51/h7-10,17-18,21-22,31-32,48-51,56-57,61-62H,5-6,11-14H2,1-4H3,(H2,45,58)(H,59,60)/t17-,18-,21-,22-,31-,32-,43-,44-/m0/s1. The van der Waals surface area contributed by atoms with E-state index in [0.29, 0.717) is 22.3 Å². The predicted octanol–water partition coefficient (Wildman–Crippen LogP) is 0.626. The summed E-state index contributed by atoms with van der Waals surface area (Å²) in [5, 5.41) is 101. The van der Waals surface area contributed by atoms with Crippen molar-refractivity contribution < 1.29 is 74.7 Å². The smallest absolute Gasteiger partial charge is 0.342 e. The molecule has 18 nitrogen and oxygen atoms in total. The number of fused-ring (bicyclic) bond motifs is 6. The lowest BCUT2D eigenvalue weighted by atomic mass is 9.57. The van der Waals surface area contributed by atoms with E-state index >= 15 is 0 Å². The molecule has 0 bridgehead atoms. The van der Waals surface area contributed by atoms with Crippen molar-refractivity contribution in [3.63, 3.8) is 0 Å². The molecule has 0 unspecified atom stereocenters. The average Bonchev–Trinajstić information content (AvgIpc) is 3.17. The Morgan fingerprint density at radius 2 is 1.02 bits per heavy atom. The lowest BCUT2D eigenvalue weighted by Gasteiger charge is -2.50. The number of carboxylic acid groups (broad SMARTS) is 1. The monoisotopic (exact) mass is 855 g/mol. The third-order valence-corrected chi connectivity index (χ3v) is 14.0. The lowest BCUT2D eigenvalue weighted by molar-refractivity contribution is -0.156. The van der Waals surface area contributed by atoms with Crippen molar-refractivity contribution in [2.45, 2.75) is 61.8 Å². The summed E-state index contributed by atoms with van der Waals surface area (Å²) in [5.74, 6) is -16.3. The largest absolute Gasteiger partial charge is 0.508 e. The minimum Gasteiger partial charge on any atom is -0.508 e. The van der Waals surface area contributed by atoms with Gasteiger partial charge in [-0.2, -0.15) is 0 Å². The van der Waals surface area contributed by atoms with E-state index in [1.807, 2.05) is 0 Å². The summed E-state index contributed by atoms with van der Waals surface area (Å²) in [6.45, 7) is 0. The summed E-state index contributed by atoms with van der Waals surface area (Å²) in [6.07, 6.45) is 0.260. The fraction of sp³-hybridized carbons (Fsp3) is 0.409. The Bertz CT molecular complexity index is 2440. The fourth-order valence-corrected chi connectivity index (χ4v) is 11.3. The van der Waals surface area contributed by atoms with Gasteiger partial charge in [0.25, 0.3) is 5.91 Å². The van der Waals surface area contributed by atoms with Crippen molar-refractivity contribution in [1.29, 1.82) is 0 Å². The summed E-state index contributed by atoms with van der Waals surface area (Å²) in [5.41, 5.74) is -1.03. The van der Waals surface area contributed by atoms with E-state index < -0.39 is 128 Å². The Labute approximate surface area is 352 Å². The van der Waals surface area contributed by atoms with E-state index in [1.165, 1.54) is 50.1 Å². The number of aliphatic hydroxyl groups excluding tert-OH is 4. The molecule has 326 valence electrons. The van der Waals surface area contributed by atoms with Gasteiger partial charge in [-0.3, -0.25) is 33.8 Å². The molecule has 2 aromatic carbocycles. The molecule has 0 saturated heterocycles. The van der Waals surface area contributed by atoms with Crippen molar-refractivity contribution in [3.05, 3.63) is 91.5 Å². The van der Waals surface area contributed by atoms with Gasteiger partial charge in [-0.15, -0.1) is 0 Å². The second-order valence-corrected chi connectivity index (χ2v) is 17.6. The summed E-state index contributed by atoms with van der Waals surface area (Å²) in [6, 6.07) is 3.28. The highest BCUT2D eigenvalue weighted by atomic mass is 16.4. The van der Waals surface area contributed by atoms with Crippen LogP contribution in [0.25, 0.3) is 11.5 Å². The molecular weight excluding hydrogens is 810 g/mol. The number of amides is 1. The van der Waals surface area contributed by atoms with Crippen molar-refractivity contribution in [1.82, 2.24) is 9.80 Å². The molecule has 6 aliphatic carbocycles. The van der Waals surface area contributed by atoms with Crippen LogP contribution < -0.4 is 5.73 Å². The highest BCUT2D eigenvalue weighted by Gasteiger charge is 2.66. The third kappa shape index (κ3) is 5.49. The molecule has 2 saturated carbocycles. The van der Waals surface area contributed by atoms with E-state index in [9.17, 15) is 74.7 Å². The number of phenolic OH excluding ortho intramolecular Hbond substituents is 2. The van der Waals surface area contributed by atoms with Gasteiger partial charge in [-0.1, -0.05) is 12.1 Å². The maximum absolute atomic E-state index is 14.3. The number of aliphatic hydroxyl groups is 6. The number of phenols is 2. The normalized spacial score (nSPS) is 30.6. The van der Waals surface area contributed by atoms with E-state index in [4.69, 9.17) is 5.73 Å². The topological polar surface area (TPSA) is 317 Å². The number of carbonyl (C=O) groups excluding carboxylic acids is 5. The summed E-state index contributed by atoms with van der Waals surface area (Å²) in [4.78, 5) is 82.6. The molecule has 62 heavy (non-hydrogen) atoms. The number of nitrogens with zero attached hydrogens (tertiary/aromatic N) is 2. The summed E-state index contributed by atoms with van der Waals surface area (Å²) >= 11 is 0. The second-order valence-electron chi connectivity index (χ2n) is 17.6. The minimum absolute atomic E-state index is 0.0287. The molecule has 2 aromatic rings. The summed E-state index contributed by atoms with van der Waals surface area (Å²) < 4.78 is 0. The van der Waals surface area contributed by atoms with Crippen LogP contribution in [-0.2, 0) is 54.5 Å². The zero-order valence-electron chi connectivity index (χ0n) is 34.0. The van der Waals surface area contributed by atoms with Crippen LogP contribution in [0.1, 0.15) is 46.2 Å². The average molecular weight is 856 g/mol. The van der Waals surface area contributed by atoms with Crippen molar-refractivity contribution in [3.8, 4) is 11.5 Å². The van der Waals surface area contributed by atoms with Gasteiger partial charge in [0.05, 0.1) is 23.2 Å². The number of likely N-dealkylation sites (N-methyl/N-ethyl adjacent to an activating group) is 2. The number of aliphatic carboxylic acids is 1. The van der Waals surface area contributed by atoms with Crippen LogP contribution in [0.4, 0.5) is 0 Å². The van der Waals surface area contributed by atoms with Crippen molar-refractivity contribution in [2.75, 3.05) is 28.2 Å². The van der Waals surface area contributed by atoms with Gasteiger partial charge in [0.1, 0.15) is 39.9 Å². The van der Waals surface area contributed by atoms with Crippen LogP contribution in [-0.4, -0.2) is 142 Å². The molecule has 8 rings (SSSR count). The van der Waals surface area contributed by atoms with Gasteiger partial charge in [-0.25, -0.2) is 4.79 Å². The lowest BCUT2D eigenvalue weighted by Crippen LogP contribution is -2.65. The Hall–Kier alpha value is -6.34. The number of aryl methyl sites for hydroxylation is 2. The molecule has 18 heteroatoms. The highest BCUT2D eigenvalue weighted by Crippen LogP contribution is 2.55. The maximum atomic E-state index is 14.3. The number of hydrogen-bond donors (Lipinski definition) is 10. The van der Waals surface area contributed by atoms with Crippen LogP contribution >= 0.6 is 0 Å². The van der Waals surface area contributed by atoms with Gasteiger partial charge in [0, 0.05) is 23.0 Å². The van der Waals surface area contributed by atoms with Gasteiger partial charge < -0.3 is 51.7 Å². The Kier molecular flexibility index (Phi) is 9.63. The van der Waals surface area contributed by atoms with Crippen LogP contribution in [0.3, 0.4) is 0 Å². The van der Waals surface area contributed by atoms with E-state index in [2.05, 4.69) is 0 Å². The molecule has 8 atom stereocenters. The third-order valence-electron chi connectivity index (χ3n) is 14.0. The number of hydrogen-bond acceptors (Lipinski definition) is 16. The number of rotatable bonds is 7. The molecule has 0 aromatic heterocycles.